The van der Waals surface area contributed by atoms with E-state index in [1.807, 2.05) is 0 Å². The third kappa shape index (κ3) is 11.7. The highest BCUT2D eigenvalue weighted by molar-refractivity contribution is 5.69. The largest absolute Gasteiger partial charge is 0.462 e. The van der Waals surface area contributed by atoms with Crippen molar-refractivity contribution in [2.24, 2.45) is 0 Å². The van der Waals surface area contributed by atoms with Gasteiger partial charge in [-0.05, 0) is 6.42 Å². The predicted octanol–water partition coefficient (Wildman–Crippen LogP) is 2.47. The fourth-order valence-electron chi connectivity index (χ4n) is 1.70. The van der Waals surface area contributed by atoms with Gasteiger partial charge in [-0.25, -0.2) is 0 Å². The van der Waals surface area contributed by atoms with E-state index in [1.54, 1.807) is 0 Å². The average Bonchev–Trinajstić information content (AvgIpc) is 2.40. The summed E-state index contributed by atoms with van der Waals surface area (Å²) in [4.78, 5) is 21.7. The van der Waals surface area contributed by atoms with E-state index in [0.29, 0.717) is 12.9 Å². The summed E-state index contributed by atoms with van der Waals surface area (Å²) in [6.45, 7) is 2.80. The van der Waals surface area contributed by atoms with Crippen LogP contribution in [0.1, 0.15) is 51.9 Å². The zero-order chi connectivity index (χ0) is 14.3. The van der Waals surface area contributed by atoms with Crippen LogP contribution in [-0.4, -0.2) is 38.9 Å². The average molecular weight is 274 g/mol. The molecule has 0 aromatic rings. The molecular formula is C14H26O5. The number of unbranched alkanes of at least 4 members (excludes halogenated alkanes) is 5. The maximum absolute atomic E-state index is 11.4. The van der Waals surface area contributed by atoms with Crippen LogP contribution in [0.2, 0.25) is 0 Å². The maximum Gasteiger partial charge on any atom is 0.305 e. The molecule has 0 radical (unpaired) electrons. The second-order valence-corrected chi connectivity index (χ2v) is 4.51. The second-order valence-electron chi connectivity index (χ2n) is 4.51. The van der Waals surface area contributed by atoms with Crippen LogP contribution in [0.25, 0.3) is 0 Å². The molecule has 1 unspecified atom stereocenters. The van der Waals surface area contributed by atoms with Crippen LogP contribution in [0.4, 0.5) is 0 Å². The minimum atomic E-state index is -0.518. The van der Waals surface area contributed by atoms with Crippen LogP contribution in [0, 0.1) is 0 Å². The zero-order valence-corrected chi connectivity index (χ0v) is 12.1. The molecular weight excluding hydrogens is 248 g/mol. The van der Waals surface area contributed by atoms with E-state index in [-0.39, 0.29) is 19.2 Å². The molecule has 0 aliphatic heterocycles. The molecule has 0 aromatic heterocycles. The summed E-state index contributed by atoms with van der Waals surface area (Å²) in [5.74, 6) is -0.244. The molecule has 0 amide bonds. The van der Waals surface area contributed by atoms with Gasteiger partial charge in [0.15, 0.2) is 6.10 Å². The fourth-order valence-corrected chi connectivity index (χ4v) is 1.70. The monoisotopic (exact) mass is 274 g/mol. The lowest BCUT2D eigenvalue weighted by Gasteiger charge is -2.14. The van der Waals surface area contributed by atoms with Crippen LogP contribution in [0.15, 0.2) is 0 Å². The summed E-state index contributed by atoms with van der Waals surface area (Å²) in [6, 6.07) is 0. The number of rotatable bonds is 13. The number of carbonyl (C=O) groups excluding carboxylic acids is 2. The lowest BCUT2D eigenvalue weighted by molar-refractivity contribution is -0.154. The van der Waals surface area contributed by atoms with Crippen molar-refractivity contribution in [3.8, 4) is 0 Å². The standard InChI is InChI=1S/C14H26O5/c1-3-4-5-6-7-8-9-14(16)18-11-13(10-17-2)19-12-15/h12-13H,3-11H2,1-2H3. The number of carbonyl (C=O) groups is 2. The molecule has 1 atom stereocenters. The molecule has 0 rings (SSSR count). The van der Waals surface area contributed by atoms with Crippen LogP contribution >= 0.6 is 0 Å². The first-order chi connectivity index (χ1) is 9.24. The first-order valence-electron chi connectivity index (χ1n) is 6.98. The summed E-state index contributed by atoms with van der Waals surface area (Å²) in [7, 11) is 1.50. The number of hydrogen-bond donors (Lipinski definition) is 0. The highest BCUT2D eigenvalue weighted by Crippen LogP contribution is 2.07. The highest BCUT2D eigenvalue weighted by atomic mass is 16.6. The first kappa shape index (κ1) is 17.9. The molecule has 0 aliphatic carbocycles. The highest BCUT2D eigenvalue weighted by Gasteiger charge is 2.12. The van der Waals surface area contributed by atoms with E-state index in [9.17, 15) is 9.59 Å². The number of ether oxygens (including phenoxy) is 3. The minimum absolute atomic E-state index is 0.0568. The molecule has 0 saturated carbocycles. The zero-order valence-electron chi connectivity index (χ0n) is 12.1. The first-order valence-corrected chi connectivity index (χ1v) is 6.98. The topological polar surface area (TPSA) is 61.8 Å². The Labute approximate surface area is 115 Å². The lowest BCUT2D eigenvalue weighted by Crippen LogP contribution is -2.26. The van der Waals surface area contributed by atoms with Gasteiger partial charge in [0.2, 0.25) is 0 Å². The molecule has 0 aromatic carbocycles. The SMILES string of the molecule is CCCCCCCCC(=O)OCC(COC)OC=O. The van der Waals surface area contributed by atoms with E-state index in [4.69, 9.17) is 14.2 Å². The Morgan fingerprint density at radius 3 is 2.42 bits per heavy atom. The van der Waals surface area contributed by atoms with Gasteiger partial charge < -0.3 is 14.2 Å². The molecule has 0 spiro atoms. The smallest absolute Gasteiger partial charge is 0.305 e. The van der Waals surface area contributed by atoms with Gasteiger partial charge in [-0.1, -0.05) is 39.0 Å². The van der Waals surface area contributed by atoms with Crippen LogP contribution < -0.4 is 0 Å². The van der Waals surface area contributed by atoms with Crippen molar-refractivity contribution in [2.45, 2.75) is 58.0 Å². The summed E-state index contributed by atoms with van der Waals surface area (Å²) < 4.78 is 14.6. The predicted molar refractivity (Wildman–Crippen MR) is 71.8 cm³/mol. The van der Waals surface area contributed by atoms with Crippen molar-refractivity contribution in [3.05, 3.63) is 0 Å². The van der Waals surface area contributed by atoms with Crippen molar-refractivity contribution >= 4 is 12.4 Å². The molecule has 0 saturated heterocycles. The minimum Gasteiger partial charge on any atom is -0.462 e. The quantitative estimate of drug-likeness (QED) is 0.293. The molecule has 5 heteroatoms. The van der Waals surface area contributed by atoms with Gasteiger partial charge >= 0.3 is 5.97 Å². The molecule has 19 heavy (non-hydrogen) atoms. The van der Waals surface area contributed by atoms with Gasteiger partial charge in [0.1, 0.15) is 6.61 Å². The Kier molecular flexibility index (Phi) is 12.6. The molecule has 112 valence electrons. The van der Waals surface area contributed by atoms with E-state index >= 15 is 0 Å². The van der Waals surface area contributed by atoms with Crippen molar-refractivity contribution < 1.29 is 23.8 Å². The maximum atomic E-state index is 11.4. The van der Waals surface area contributed by atoms with Gasteiger partial charge in [0.25, 0.3) is 6.47 Å². The summed E-state index contributed by atoms with van der Waals surface area (Å²) >= 11 is 0. The van der Waals surface area contributed by atoms with Crippen molar-refractivity contribution in [1.82, 2.24) is 0 Å². The summed E-state index contributed by atoms with van der Waals surface area (Å²) in [5, 5.41) is 0. The molecule has 0 fully saturated rings. The second kappa shape index (κ2) is 13.3. The van der Waals surface area contributed by atoms with Crippen LogP contribution in [-0.2, 0) is 23.8 Å². The molecule has 0 heterocycles. The van der Waals surface area contributed by atoms with Gasteiger partial charge in [0.05, 0.1) is 6.61 Å². The Morgan fingerprint density at radius 2 is 1.79 bits per heavy atom. The molecule has 5 nitrogen and oxygen atoms in total. The summed E-state index contributed by atoms with van der Waals surface area (Å²) in [5.41, 5.74) is 0. The van der Waals surface area contributed by atoms with Gasteiger partial charge in [-0.3, -0.25) is 9.59 Å². The Hall–Kier alpha value is -1.10. The molecule has 0 bridgehead atoms. The van der Waals surface area contributed by atoms with E-state index < -0.39 is 6.10 Å². The van der Waals surface area contributed by atoms with Crippen molar-refractivity contribution in [1.29, 1.82) is 0 Å². The molecule has 0 N–H and O–H groups in total. The Morgan fingerprint density at radius 1 is 1.11 bits per heavy atom. The fraction of sp³-hybridized carbons (Fsp3) is 0.857. The van der Waals surface area contributed by atoms with E-state index in [0.717, 1.165) is 12.8 Å². The van der Waals surface area contributed by atoms with Gasteiger partial charge in [0, 0.05) is 13.5 Å². The van der Waals surface area contributed by atoms with E-state index in [2.05, 4.69) is 6.92 Å². The van der Waals surface area contributed by atoms with Crippen molar-refractivity contribution in [2.75, 3.05) is 20.3 Å². The molecule has 0 aliphatic rings. The number of methoxy groups -OCH3 is 1. The van der Waals surface area contributed by atoms with Crippen LogP contribution in [0.5, 0.6) is 0 Å². The lowest BCUT2D eigenvalue weighted by atomic mass is 10.1. The van der Waals surface area contributed by atoms with Crippen LogP contribution in [0.3, 0.4) is 0 Å². The Balaban J connectivity index is 3.53. The van der Waals surface area contributed by atoms with Crippen molar-refractivity contribution in [3.63, 3.8) is 0 Å². The third-order valence-electron chi connectivity index (χ3n) is 2.77. The third-order valence-corrected chi connectivity index (χ3v) is 2.77. The number of esters is 1. The Bertz CT molecular complexity index is 230. The van der Waals surface area contributed by atoms with E-state index in [1.165, 1.54) is 32.8 Å². The van der Waals surface area contributed by atoms with Gasteiger partial charge in [-0.15, -0.1) is 0 Å². The summed E-state index contributed by atoms with van der Waals surface area (Å²) in [6.07, 6.45) is 6.69. The van der Waals surface area contributed by atoms with Gasteiger partial charge in [-0.2, -0.15) is 0 Å². The normalized spacial score (nSPS) is 11.9. The number of hydrogen-bond acceptors (Lipinski definition) is 5.